The molecule has 0 amide bonds. The number of nitrogens with zero attached hydrogens (tertiary/aromatic N) is 2. The lowest BCUT2D eigenvalue weighted by Crippen LogP contribution is -2.18. The highest BCUT2D eigenvalue weighted by molar-refractivity contribution is 5.61. The first-order valence-corrected chi connectivity index (χ1v) is 3.48. The fraction of sp³-hybridized carbons (Fsp3) is 0.143. The highest BCUT2D eigenvalue weighted by Gasteiger charge is 2.34. The van der Waals surface area contributed by atoms with Gasteiger partial charge in [0.25, 0.3) is 0 Å². The Labute approximate surface area is 81.5 Å². The van der Waals surface area contributed by atoms with Gasteiger partial charge in [0.1, 0.15) is 17.5 Å². The van der Waals surface area contributed by atoms with Gasteiger partial charge in [-0.3, -0.25) is 0 Å². The Kier molecular flexibility index (Phi) is 2.57. The summed E-state index contributed by atoms with van der Waals surface area (Å²) in [7, 11) is 0. The van der Waals surface area contributed by atoms with Gasteiger partial charge in [-0.1, -0.05) is 0 Å². The van der Waals surface area contributed by atoms with Crippen LogP contribution in [0.1, 0.15) is 5.56 Å². The molecule has 0 aliphatic carbocycles. The van der Waals surface area contributed by atoms with Gasteiger partial charge in [-0.15, -0.1) is 13.2 Å². The molecular formula is C7H4F3N3O2. The molecule has 5 nitrogen and oxygen atoms in total. The van der Waals surface area contributed by atoms with Crippen LogP contribution in [0, 0.1) is 11.3 Å². The molecular weight excluding hydrogens is 215 g/mol. The van der Waals surface area contributed by atoms with Gasteiger partial charge >= 0.3 is 6.36 Å². The summed E-state index contributed by atoms with van der Waals surface area (Å²) in [6, 6.07) is 1.35. The Morgan fingerprint density at radius 2 is 2.13 bits per heavy atom. The van der Waals surface area contributed by atoms with Gasteiger partial charge in [-0.2, -0.15) is 5.26 Å². The normalized spacial score (nSPS) is 10.8. The van der Waals surface area contributed by atoms with Crippen molar-refractivity contribution >= 4 is 5.82 Å². The third kappa shape index (κ3) is 2.40. The van der Waals surface area contributed by atoms with Crippen molar-refractivity contribution < 1.29 is 23.0 Å². The van der Waals surface area contributed by atoms with E-state index in [1.54, 1.807) is 0 Å². The molecule has 1 heterocycles. The Morgan fingerprint density at radius 3 is 2.60 bits per heavy atom. The van der Waals surface area contributed by atoms with E-state index in [-0.39, 0.29) is 0 Å². The first kappa shape index (κ1) is 10.9. The number of alkyl halides is 3. The van der Waals surface area contributed by atoms with Crippen LogP contribution in [0.3, 0.4) is 0 Å². The topological polar surface area (TPSA) is 92.2 Å². The fourth-order valence-corrected chi connectivity index (χ4v) is 0.825. The highest BCUT2D eigenvalue weighted by Crippen LogP contribution is 2.35. The van der Waals surface area contributed by atoms with Gasteiger partial charge in [-0.25, -0.2) is 4.98 Å². The summed E-state index contributed by atoms with van der Waals surface area (Å²) < 4.78 is 39.0. The van der Waals surface area contributed by atoms with Crippen LogP contribution in [0.5, 0.6) is 11.5 Å². The van der Waals surface area contributed by atoms with E-state index < -0.39 is 29.2 Å². The van der Waals surface area contributed by atoms with Crippen LogP contribution in [0.25, 0.3) is 0 Å². The number of ether oxygens (including phenoxy) is 1. The van der Waals surface area contributed by atoms with Crippen LogP contribution in [-0.2, 0) is 0 Å². The molecule has 1 rings (SSSR count). The van der Waals surface area contributed by atoms with E-state index in [0.717, 1.165) is 0 Å². The Hall–Kier alpha value is -2.17. The van der Waals surface area contributed by atoms with E-state index in [1.807, 2.05) is 0 Å². The van der Waals surface area contributed by atoms with Crippen molar-refractivity contribution in [3.05, 3.63) is 11.8 Å². The monoisotopic (exact) mass is 219 g/mol. The molecule has 0 radical (unpaired) electrons. The average molecular weight is 219 g/mol. The zero-order valence-corrected chi connectivity index (χ0v) is 7.04. The van der Waals surface area contributed by atoms with Crippen LogP contribution in [0.4, 0.5) is 19.0 Å². The zero-order chi connectivity index (χ0) is 11.6. The second kappa shape index (κ2) is 3.53. The van der Waals surface area contributed by atoms with E-state index in [9.17, 15) is 13.2 Å². The van der Waals surface area contributed by atoms with Gasteiger partial charge in [0, 0.05) is 0 Å². The average Bonchev–Trinajstić information content (AvgIpc) is 2.10. The first-order chi connectivity index (χ1) is 6.85. The number of pyridine rings is 1. The Balaban J connectivity index is 3.28. The van der Waals surface area contributed by atoms with Gasteiger partial charge in [0.2, 0.25) is 0 Å². The molecule has 0 aromatic carbocycles. The number of halogens is 3. The minimum absolute atomic E-state index is 0.449. The van der Waals surface area contributed by atoms with Crippen molar-refractivity contribution in [3.63, 3.8) is 0 Å². The molecule has 0 spiro atoms. The number of rotatable bonds is 1. The lowest BCUT2D eigenvalue weighted by Gasteiger charge is -2.11. The number of hydrogen-bond donors (Lipinski definition) is 2. The number of nitriles is 1. The number of aromatic hydroxyl groups is 1. The summed E-state index contributed by atoms with van der Waals surface area (Å²) in [4.78, 5) is 3.30. The van der Waals surface area contributed by atoms with Gasteiger partial charge in [-0.05, 0) is 0 Å². The molecule has 80 valence electrons. The first-order valence-electron chi connectivity index (χ1n) is 3.48. The second-order valence-corrected chi connectivity index (χ2v) is 2.39. The standard InChI is InChI=1S/C7H4F3N3O2/c8-7(9,10)15-5-3(1-11)6(12)13-2-4(5)14/h2,14H,(H2,12,13). The predicted octanol–water partition coefficient (Wildman–Crippen LogP) is 1.14. The summed E-state index contributed by atoms with van der Waals surface area (Å²) in [6.45, 7) is 0. The number of nitrogens with two attached hydrogens (primary N) is 1. The number of anilines is 1. The molecule has 1 aromatic rings. The molecule has 0 unspecified atom stereocenters. The summed E-state index contributed by atoms with van der Waals surface area (Å²) >= 11 is 0. The quantitative estimate of drug-likeness (QED) is 0.738. The molecule has 0 aliphatic rings. The van der Waals surface area contributed by atoms with Crippen molar-refractivity contribution in [1.82, 2.24) is 4.98 Å². The van der Waals surface area contributed by atoms with Crippen molar-refractivity contribution in [1.29, 1.82) is 5.26 Å². The zero-order valence-electron chi connectivity index (χ0n) is 7.04. The molecule has 0 fully saturated rings. The molecule has 0 saturated carbocycles. The van der Waals surface area contributed by atoms with Crippen LogP contribution < -0.4 is 10.5 Å². The van der Waals surface area contributed by atoms with E-state index in [2.05, 4.69) is 9.72 Å². The van der Waals surface area contributed by atoms with Gasteiger partial charge < -0.3 is 15.6 Å². The van der Waals surface area contributed by atoms with Gasteiger partial charge in [0.15, 0.2) is 11.5 Å². The predicted molar refractivity (Wildman–Crippen MR) is 41.7 cm³/mol. The van der Waals surface area contributed by atoms with Crippen molar-refractivity contribution in [3.8, 4) is 17.6 Å². The minimum atomic E-state index is -5.02. The number of nitrogen functional groups attached to an aromatic ring is 1. The fourth-order valence-electron chi connectivity index (χ4n) is 0.825. The molecule has 0 saturated heterocycles. The maximum atomic E-state index is 11.9. The molecule has 0 atom stereocenters. The SMILES string of the molecule is N#Cc1c(N)ncc(O)c1OC(F)(F)F. The molecule has 0 aliphatic heterocycles. The smallest absolute Gasteiger partial charge is 0.503 e. The Morgan fingerprint density at radius 1 is 1.53 bits per heavy atom. The lowest BCUT2D eigenvalue weighted by molar-refractivity contribution is -0.275. The molecule has 3 N–H and O–H groups in total. The summed E-state index contributed by atoms with van der Waals surface area (Å²) in [5.74, 6) is -2.40. The second-order valence-electron chi connectivity index (χ2n) is 2.39. The van der Waals surface area contributed by atoms with E-state index in [4.69, 9.17) is 16.1 Å². The van der Waals surface area contributed by atoms with Crippen LogP contribution >= 0.6 is 0 Å². The van der Waals surface area contributed by atoms with Crippen LogP contribution in [0.15, 0.2) is 6.20 Å². The maximum Gasteiger partial charge on any atom is 0.573 e. The Bertz CT molecular complexity index is 425. The molecule has 15 heavy (non-hydrogen) atoms. The molecule has 1 aromatic heterocycles. The highest BCUT2D eigenvalue weighted by atomic mass is 19.4. The largest absolute Gasteiger partial charge is 0.573 e. The van der Waals surface area contributed by atoms with Gasteiger partial charge in [0.05, 0.1) is 6.20 Å². The third-order valence-electron chi connectivity index (χ3n) is 1.37. The summed E-state index contributed by atoms with van der Waals surface area (Å²) in [6.07, 6.45) is -4.35. The van der Waals surface area contributed by atoms with Crippen LogP contribution in [0.2, 0.25) is 0 Å². The van der Waals surface area contributed by atoms with E-state index >= 15 is 0 Å². The van der Waals surface area contributed by atoms with Crippen molar-refractivity contribution in [2.75, 3.05) is 5.73 Å². The number of aromatic nitrogens is 1. The lowest BCUT2D eigenvalue weighted by atomic mass is 10.2. The summed E-state index contributed by atoms with van der Waals surface area (Å²) in [5, 5.41) is 17.5. The molecule has 0 bridgehead atoms. The maximum absolute atomic E-state index is 11.9. The van der Waals surface area contributed by atoms with Crippen molar-refractivity contribution in [2.24, 2.45) is 0 Å². The minimum Gasteiger partial charge on any atom is -0.503 e. The number of hydrogen-bond acceptors (Lipinski definition) is 5. The van der Waals surface area contributed by atoms with Crippen molar-refractivity contribution in [2.45, 2.75) is 6.36 Å². The van der Waals surface area contributed by atoms with E-state index in [0.29, 0.717) is 6.20 Å². The van der Waals surface area contributed by atoms with Crippen LogP contribution in [-0.4, -0.2) is 16.5 Å². The third-order valence-corrected chi connectivity index (χ3v) is 1.37. The van der Waals surface area contributed by atoms with E-state index in [1.165, 1.54) is 6.07 Å². The summed E-state index contributed by atoms with van der Waals surface area (Å²) in [5.41, 5.74) is 4.47. The molecule has 8 heteroatoms.